The highest BCUT2D eigenvalue weighted by Crippen LogP contribution is 2.12. The van der Waals surface area contributed by atoms with Crippen molar-refractivity contribution in [2.45, 2.75) is 34.2 Å². The molecule has 0 radical (unpaired) electrons. The number of rotatable bonds is 6. The van der Waals surface area contributed by atoms with Crippen molar-refractivity contribution in [1.82, 2.24) is 15.2 Å². The molecule has 0 aliphatic carbocycles. The first-order chi connectivity index (χ1) is 8.41. The minimum absolute atomic E-state index is 0.0639. The van der Waals surface area contributed by atoms with Crippen molar-refractivity contribution in [1.29, 1.82) is 0 Å². The number of aryl methyl sites for hydroxylation is 1. The molecular weight excluding hydrogens is 226 g/mol. The van der Waals surface area contributed by atoms with Gasteiger partial charge in [0.1, 0.15) is 0 Å². The van der Waals surface area contributed by atoms with Crippen LogP contribution in [0.3, 0.4) is 0 Å². The Morgan fingerprint density at radius 1 is 1.39 bits per heavy atom. The SMILES string of the molecule is Cc1cc(CNCC(=O)NCC(C)C)c(C)n1C. The van der Waals surface area contributed by atoms with E-state index in [1.165, 1.54) is 17.0 Å². The molecule has 0 fully saturated rings. The van der Waals surface area contributed by atoms with E-state index in [0.29, 0.717) is 12.5 Å². The summed E-state index contributed by atoms with van der Waals surface area (Å²) in [4.78, 5) is 11.5. The molecule has 1 rings (SSSR count). The number of nitrogens with zero attached hydrogens (tertiary/aromatic N) is 1. The van der Waals surface area contributed by atoms with Gasteiger partial charge in [0.25, 0.3) is 0 Å². The summed E-state index contributed by atoms with van der Waals surface area (Å²) < 4.78 is 2.16. The number of carbonyl (C=O) groups is 1. The summed E-state index contributed by atoms with van der Waals surface area (Å²) in [5.74, 6) is 0.557. The van der Waals surface area contributed by atoms with Crippen molar-refractivity contribution >= 4 is 5.91 Å². The van der Waals surface area contributed by atoms with Crippen LogP contribution in [-0.4, -0.2) is 23.6 Å². The van der Waals surface area contributed by atoms with E-state index in [2.05, 4.69) is 56.0 Å². The van der Waals surface area contributed by atoms with Crippen LogP contribution in [0.4, 0.5) is 0 Å². The summed E-state index contributed by atoms with van der Waals surface area (Å²) in [5.41, 5.74) is 3.75. The van der Waals surface area contributed by atoms with Gasteiger partial charge in [0.15, 0.2) is 0 Å². The molecule has 0 aliphatic heterocycles. The van der Waals surface area contributed by atoms with Gasteiger partial charge >= 0.3 is 0 Å². The first-order valence-electron chi connectivity index (χ1n) is 6.51. The highest BCUT2D eigenvalue weighted by molar-refractivity contribution is 5.77. The maximum Gasteiger partial charge on any atom is 0.233 e. The second kappa shape index (κ2) is 6.59. The molecule has 4 heteroatoms. The quantitative estimate of drug-likeness (QED) is 0.805. The molecular formula is C14H25N3O. The van der Waals surface area contributed by atoms with E-state index < -0.39 is 0 Å². The average molecular weight is 251 g/mol. The minimum Gasteiger partial charge on any atom is -0.355 e. The van der Waals surface area contributed by atoms with E-state index in [4.69, 9.17) is 0 Å². The van der Waals surface area contributed by atoms with Gasteiger partial charge in [0, 0.05) is 31.5 Å². The zero-order valence-electron chi connectivity index (χ0n) is 12.1. The lowest BCUT2D eigenvalue weighted by Gasteiger charge is -2.08. The van der Waals surface area contributed by atoms with Crippen LogP contribution >= 0.6 is 0 Å². The fraction of sp³-hybridized carbons (Fsp3) is 0.643. The van der Waals surface area contributed by atoms with Crippen LogP contribution in [0.15, 0.2) is 6.07 Å². The number of aromatic nitrogens is 1. The number of hydrogen-bond acceptors (Lipinski definition) is 2. The summed E-state index contributed by atoms with van der Waals surface area (Å²) in [6.07, 6.45) is 0. The van der Waals surface area contributed by atoms with Gasteiger partial charge < -0.3 is 15.2 Å². The van der Waals surface area contributed by atoms with Crippen LogP contribution in [0.25, 0.3) is 0 Å². The molecule has 1 aromatic heterocycles. The molecule has 102 valence electrons. The van der Waals surface area contributed by atoms with E-state index in [-0.39, 0.29) is 5.91 Å². The highest BCUT2D eigenvalue weighted by Gasteiger charge is 2.06. The predicted octanol–water partition coefficient (Wildman–Crippen LogP) is 1.50. The van der Waals surface area contributed by atoms with E-state index in [1.54, 1.807) is 0 Å². The standard InChI is InChI=1S/C14H25N3O/c1-10(2)7-16-14(18)9-15-8-13-6-11(3)17(5)12(13)4/h6,10,15H,7-9H2,1-5H3,(H,16,18). The Balaban J connectivity index is 2.33. The Kier molecular flexibility index (Phi) is 5.41. The average Bonchev–Trinajstić information content (AvgIpc) is 2.54. The van der Waals surface area contributed by atoms with Crippen LogP contribution in [0.5, 0.6) is 0 Å². The Hall–Kier alpha value is -1.29. The predicted molar refractivity (Wildman–Crippen MR) is 74.4 cm³/mol. The Bertz CT molecular complexity index is 407. The van der Waals surface area contributed by atoms with Crippen molar-refractivity contribution in [3.05, 3.63) is 23.0 Å². The van der Waals surface area contributed by atoms with Crippen molar-refractivity contribution in [3.63, 3.8) is 0 Å². The third kappa shape index (κ3) is 4.18. The summed E-state index contributed by atoms with van der Waals surface area (Å²) in [6.45, 7) is 10.2. The smallest absolute Gasteiger partial charge is 0.233 e. The van der Waals surface area contributed by atoms with Gasteiger partial charge in [-0.1, -0.05) is 13.8 Å². The summed E-state index contributed by atoms with van der Waals surface area (Å²) in [6, 6.07) is 2.16. The number of carbonyl (C=O) groups excluding carboxylic acids is 1. The Morgan fingerprint density at radius 2 is 2.06 bits per heavy atom. The van der Waals surface area contributed by atoms with E-state index in [0.717, 1.165) is 13.1 Å². The number of hydrogen-bond donors (Lipinski definition) is 2. The molecule has 1 heterocycles. The first-order valence-corrected chi connectivity index (χ1v) is 6.51. The largest absolute Gasteiger partial charge is 0.355 e. The number of nitrogens with one attached hydrogen (secondary N) is 2. The third-order valence-corrected chi connectivity index (χ3v) is 3.19. The first kappa shape index (κ1) is 14.8. The Morgan fingerprint density at radius 3 is 2.56 bits per heavy atom. The molecule has 0 aromatic carbocycles. The van der Waals surface area contributed by atoms with E-state index in [9.17, 15) is 4.79 Å². The molecule has 18 heavy (non-hydrogen) atoms. The molecule has 0 aliphatic rings. The summed E-state index contributed by atoms with van der Waals surface area (Å²) in [7, 11) is 2.06. The lowest BCUT2D eigenvalue weighted by atomic mass is 10.2. The molecule has 0 atom stereocenters. The fourth-order valence-electron chi connectivity index (χ4n) is 1.80. The molecule has 0 saturated carbocycles. The second-order valence-electron chi connectivity index (χ2n) is 5.26. The molecule has 1 aromatic rings. The normalized spacial score (nSPS) is 11.0. The zero-order chi connectivity index (χ0) is 13.7. The van der Waals surface area contributed by atoms with Gasteiger partial charge in [-0.25, -0.2) is 0 Å². The maximum atomic E-state index is 11.5. The van der Waals surface area contributed by atoms with Crippen molar-refractivity contribution in [2.75, 3.05) is 13.1 Å². The van der Waals surface area contributed by atoms with Crippen LogP contribution in [-0.2, 0) is 18.4 Å². The zero-order valence-corrected chi connectivity index (χ0v) is 12.1. The second-order valence-corrected chi connectivity index (χ2v) is 5.26. The fourth-order valence-corrected chi connectivity index (χ4v) is 1.80. The van der Waals surface area contributed by atoms with Crippen LogP contribution in [0.2, 0.25) is 0 Å². The van der Waals surface area contributed by atoms with Crippen molar-refractivity contribution in [2.24, 2.45) is 13.0 Å². The topological polar surface area (TPSA) is 46.1 Å². The molecule has 0 spiro atoms. The van der Waals surface area contributed by atoms with Gasteiger partial charge in [0.05, 0.1) is 6.54 Å². The van der Waals surface area contributed by atoms with Crippen LogP contribution in [0, 0.1) is 19.8 Å². The minimum atomic E-state index is 0.0639. The maximum absolute atomic E-state index is 11.5. The number of amides is 1. The molecule has 0 saturated heterocycles. The van der Waals surface area contributed by atoms with Gasteiger partial charge in [-0.05, 0) is 31.4 Å². The van der Waals surface area contributed by atoms with Gasteiger partial charge in [0.2, 0.25) is 5.91 Å². The third-order valence-electron chi connectivity index (χ3n) is 3.19. The van der Waals surface area contributed by atoms with E-state index in [1.807, 2.05) is 0 Å². The van der Waals surface area contributed by atoms with E-state index >= 15 is 0 Å². The van der Waals surface area contributed by atoms with Gasteiger partial charge in [-0.3, -0.25) is 4.79 Å². The molecule has 4 nitrogen and oxygen atoms in total. The van der Waals surface area contributed by atoms with Crippen molar-refractivity contribution in [3.8, 4) is 0 Å². The van der Waals surface area contributed by atoms with Crippen LogP contribution in [0.1, 0.15) is 30.8 Å². The lowest BCUT2D eigenvalue weighted by Crippen LogP contribution is -2.35. The molecule has 0 unspecified atom stereocenters. The van der Waals surface area contributed by atoms with Gasteiger partial charge in [-0.2, -0.15) is 0 Å². The molecule has 1 amide bonds. The van der Waals surface area contributed by atoms with Crippen LogP contribution < -0.4 is 10.6 Å². The summed E-state index contributed by atoms with van der Waals surface area (Å²) in [5, 5.41) is 6.07. The molecule has 0 bridgehead atoms. The van der Waals surface area contributed by atoms with Gasteiger partial charge in [-0.15, -0.1) is 0 Å². The highest BCUT2D eigenvalue weighted by atomic mass is 16.1. The molecule has 2 N–H and O–H groups in total. The summed E-state index contributed by atoms with van der Waals surface area (Å²) >= 11 is 0. The van der Waals surface area contributed by atoms with Crippen molar-refractivity contribution < 1.29 is 4.79 Å². The monoisotopic (exact) mass is 251 g/mol. The Labute approximate surface area is 110 Å². The lowest BCUT2D eigenvalue weighted by molar-refractivity contribution is -0.120.